The molecule has 1 aromatic carbocycles. The number of hydrogen-bond donors (Lipinski definition) is 0. The van der Waals surface area contributed by atoms with Gasteiger partial charge in [0.2, 0.25) is 0 Å². The lowest BCUT2D eigenvalue weighted by atomic mass is 10.3. The summed E-state index contributed by atoms with van der Waals surface area (Å²) in [5.41, 5.74) is -1.05. The Morgan fingerprint density at radius 3 is 2.62 bits per heavy atom. The number of hydrogen-bond acceptors (Lipinski definition) is 1. The van der Waals surface area contributed by atoms with Crippen molar-refractivity contribution in [2.24, 2.45) is 0 Å². The summed E-state index contributed by atoms with van der Waals surface area (Å²) in [7, 11) is 0. The minimum Gasteiger partial charge on any atom is -0.303 e. The summed E-state index contributed by atoms with van der Waals surface area (Å²) in [6, 6.07) is 6.25. The summed E-state index contributed by atoms with van der Waals surface area (Å²) in [5.74, 6) is -0.659. The molecule has 0 aliphatic heterocycles. The van der Waals surface area contributed by atoms with Crippen LogP contribution in [0.25, 0.3) is 5.69 Å². The molecule has 0 aliphatic rings. The first-order chi connectivity index (χ1) is 7.48. The maximum atomic E-state index is 13.2. The van der Waals surface area contributed by atoms with Crippen LogP contribution in [0.2, 0.25) is 0 Å². The number of nitrogens with zero attached hydrogens (tertiary/aromatic N) is 2. The molecule has 0 fully saturated rings. The van der Waals surface area contributed by atoms with Crippen LogP contribution in [0.4, 0.5) is 17.6 Å². The number of halogens is 4. The number of imidazole rings is 1. The predicted molar refractivity (Wildman–Crippen MR) is 47.4 cm³/mol. The molecule has 0 bridgehead atoms. The predicted octanol–water partition coefficient (Wildman–Crippen LogP) is 2.83. The Hall–Kier alpha value is -1.85. The molecule has 0 aliphatic carbocycles. The van der Waals surface area contributed by atoms with Gasteiger partial charge in [-0.15, -0.1) is 0 Å². The van der Waals surface area contributed by atoms with E-state index in [-0.39, 0.29) is 5.69 Å². The maximum Gasteiger partial charge on any atom is 0.434 e. The van der Waals surface area contributed by atoms with Gasteiger partial charge in [0, 0.05) is 6.20 Å². The van der Waals surface area contributed by atoms with Gasteiger partial charge in [-0.05, 0) is 18.2 Å². The molecule has 0 saturated carbocycles. The Bertz CT molecular complexity index is 502. The second-order valence-electron chi connectivity index (χ2n) is 3.04. The fraction of sp³-hybridized carbons (Fsp3) is 0.100. The average Bonchev–Trinajstić information content (AvgIpc) is 2.66. The first-order valence-corrected chi connectivity index (χ1v) is 4.25. The second kappa shape index (κ2) is 3.62. The van der Waals surface area contributed by atoms with Gasteiger partial charge >= 0.3 is 6.18 Å². The highest BCUT2D eigenvalue weighted by Gasteiger charge is 2.33. The zero-order chi connectivity index (χ0) is 11.8. The zero-order valence-electron chi connectivity index (χ0n) is 7.79. The Balaban J connectivity index is 2.44. The highest BCUT2D eigenvalue weighted by atomic mass is 19.4. The van der Waals surface area contributed by atoms with Crippen LogP contribution in [0, 0.1) is 11.9 Å². The molecular weight excluding hydrogens is 224 g/mol. The van der Waals surface area contributed by atoms with E-state index in [2.05, 4.69) is 11.1 Å². The summed E-state index contributed by atoms with van der Waals surface area (Å²) >= 11 is 0. The third kappa shape index (κ3) is 1.91. The van der Waals surface area contributed by atoms with Gasteiger partial charge < -0.3 is 4.57 Å². The van der Waals surface area contributed by atoms with Crippen molar-refractivity contribution in [2.45, 2.75) is 6.18 Å². The van der Waals surface area contributed by atoms with E-state index < -0.39 is 17.7 Å². The number of aromatic nitrogens is 2. The van der Waals surface area contributed by atoms with E-state index in [9.17, 15) is 17.6 Å². The largest absolute Gasteiger partial charge is 0.434 e. The van der Waals surface area contributed by atoms with Crippen LogP contribution in [0.5, 0.6) is 0 Å². The molecule has 2 rings (SSSR count). The third-order valence-corrected chi connectivity index (χ3v) is 1.94. The number of rotatable bonds is 1. The normalized spacial score (nSPS) is 11.8. The van der Waals surface area contributed by atoms with E-state index in [1.54, 1.807) is 0 Å². The Morgan fingerprint density at radius 1 is 1.31 bits per heavy atom. The topological polar surface area (TPSA) is 17.8 Å². The van der Waals surface area contributed by atoms with Gasteiger partial charge in [-0.25, -0.2) is 9.37 Å². The zero-order valence-corrected chi connectivity index (χ0v) is 7.79. The van der Waals surface area contributed by atoms with Crippen molar-refractivity contribution in [3.05, 3.63) is 48.3 Å². The van der Waals surface area contributed by atoms with Gasteiger partial charge in [0.1, 0.15) is 5.82 Å². The fourth-order valence-corrected chi connectivity index (χ4v) is 1.21. The lowest BCUT2D eigenvalue weighted by Gasteiger charge is -2.03. The van der Waals surface area contributed by atoms with Gasteiger partial charge in [-0.3, -0.25) is 0 Å². The van der Waals surface area contributed by atoms with Gasteiger partial charge in [-0.1, -0.05) is 6.07 Å². The highest BCUT2D eigenvalue weighted by Crippen LogP contribution is 2.28. The van der Waals surface area contributed by atoms with E-state index in [0.29, 0.717) is 0 Å². The van der Waals surface area contributed by atoms with Gasteiger partial charge in [-0.2, -0.15) is 13.2 Å². The molecule has 0 atom stereocenters. The van der Waals surface area contributed by atoms with Crippen molar-refractivity contribution in [1.82, 2.24) is 9.55 Å². The number of benzene rings is 1. The molecule has 0 amide bonds. The third-order valence-electron chi connectivity index (χ3n) is 1.94. The lowest BCUT2D eigenvalue weighted by Crippen LogP contribution is -2.05. The van der Waals surface area contributed by atoms with Crippen LogP contribution in [-0.4, -0.2) is 9.55 Å². The molecule has 0 N–H and O–H groups in total. The minimum absolute atomic E-state index is 0.00162. The maximum absolute atomic E-state index is 13.2. The van der Waals surface area contributed by atoms with Crippen LogP contribution in [0.1, 0.15) is 5.69 Å². The summed E-state index contributed by atoms with van der Waals surface area (Å²) in [6.45, 7) is 0. The van der Waals surface area contributed by atoms with Crippen molar-refractivity contribution in [3.8, 4) is 5.69 Å². The first-order valence-electron chi connectivity index (χ1n) is 4.25. The van der Waals surface area contributed by atoms with Crippen LogP contribution in [-0.2, 0) is 6.18 Å². The molecule has 0 saturated heterocycles. The fourth-order valence-electron chi connectivity index (χ4n) is 1.21. The molecule has 0 unspecified atom stereocenters. The molecule has 6 heteroatoms. The Morgan fingerprint density at radius 2 is 2.06 bits per heavy atom. The van der Waals surface area contributed by atoms with Crippen molar-refractivity contribution in [3.63, 3.8) is 0 Å². The van der Waals surface area contributed by atoms with Crippen molar-refractivity contribution < 1.29 is 17.6 Å². The molecular formula is C10H5F4N2. The van der Waals surface area contributed by atoms with Crippen LogP contribution in [0.3, 0.4) is 0 Å². The molecule has 16 heavy (non-hydrogen) atoms. The molecule has 2 aromatic rings. The summed E-state index contributed by atoms with van der Waals surface area (Å²) in [5, 5.41) is 0. The lowest BCUT2D eigenvalue weighted by molar-refractivity contribution is -0.140. The molecule has 1 aromatic heterocycles. The summed E-state index contributed by atoms with van der Waals surface area (Å²) < 4.78 is 50.9. The smallest absolute Gasteiger partial charge is 0.303 e. The van der Waals surface area contributed by atoms with E-state index >= 15 is 0 Å². The number of alkyl halides is 3. The molecule has 83 valence electrons. The van der Waals surface area contributed by atoms with Crippen LogP contribution >= 0.6 is 0 Å². The highest BCUT2D eigenvalue weighted by molar-refractivity contribution is 5.33. The average molecular weight is 229 g/mol. The van der Waals surface area contributed by atoms with Crippen molar-refractivity contribution in [1.29, 1.82) is 0 Å². The second-order valence-corrected chi connectivity index (χ2v) is 3.04. The molecule has 2 nitrogen and oxygen atoms in total. The van der Waals surface area contributed by atoms with Gasteiger partial charge in [0.05, 0.1) is 12.0 Å². The van der Waals surface area contributed by atoms with E-state index in [0.717, 1.165) is 23.2 Å². The summed E-state index contributed by atoms with van der Waals surface area (Å²) in [6.07, 6.45) is -2.87. The first kappa shape index (κ1) is 10.7. The standard InChI is InChI=1S/C10H5F4N2/c11-7-3-1-2-4-8(7)16-5-9(15-6-16)10(12,13)14/h2-6H. The molecule has 1 radical (unpaired) electrons. The van der Waals surface area contributed by atoms with Gasteiger partial charge in [0.15, 0.2) is 5.69 Å². The van der Waals surface area contributed by atoms with Crippen molar-refractivity contribution in [2.75, 3.05) is 0 Å². The van der Waals surface area contributed by atoms with Crippen LogP contribution < -0.4 is 0 Å². The SMILES string of the molecule is Fc1c[c]ccc1-n1cnc(C(F)(F)F)c1. The molecule has 1 heterocycles. The quantitative estimate of drug-likeness (QED) is 0.687. The van der Waals surface area contributed by atoms with E-state index in [1.165, 1.54) is 12.1 Å². The van der Waals surface area contributed by atoms with Crippen molar-refractivity contribution >= 4 is 0 Å². The van der Waals surface area contributed by atoms with Crippen LogP contribution in [0.15, 0.2) is 30.7 Å². The Kier molecular flexibility index (Phi) is 2.41. The minimum atomic E-state index is -4.53. The van der Waals surface area contributed by atoms with Gasteiger partial charge in [0.25, 0.3) is 0 Å². The Labute approximate surface area is 88.2 Å². The summed E-state index contributed by atoms with van der Waals surface area (Å²) in [4.78, 5) is 3.17. The monoisotopic (exact) mass is 229 g/mol. The van der Waals surface area contributed by atoms with E-state index in [1.807, 2.05) is 0 Å². The molecule has 0 spiro atoms. The van der Waals surface area contributed by atoms with E-state index in [4.69, 9.17) is 0 Å².